The number of hydrogen-bond donors (Lipinski definition) is 1. The van der Waals surface area contributed by atoms with Gasteiger partial charge in [0.2, 0.25) is 5.78 Å². The van der Waals surface area contributed by atoms with Gasteiger partial charge in [-0.2, -0.15) is 0 Å². The van der Waals surface area contributed by atoms with Crippen LogP contribution in [0.25, 0.3) is 0 Å². The summed E-state index contributed by atoms with van der Waals surface area (Å²) in [4.78, 5) is 25.2. The highest BCUT2D eigenvalue weighted by atomic mass is 16.5. The van der Waals surface area contributed by atoms with Crippen LogP contribution in [0.4, 0.5) is 0 Å². The Hall–Kier alpha value is -1.68. The Bertz CT molecular complexity index is 566. The maximum atomic E-state index is 12.6. The second-order valence-electron chi connectivity index (χ2n) is 6.75. The molecule has 1 aliphatic carbocycles. The minimum absolute atomic E-state index is 0.136. The average molecular weight is 348 g/mol. The highest BCUT2D eigenvalue weighted by Gasteiger charge is 2.33. The van der Waals surface area contributed by atoms with Gasteiger partial charge in [-0.15, -0.1) is 0 Å². The maximum absolute atomic E-state index is 12.6. The van der Waals surface area contributed by atoms with Crippen molar-refractivity contribution in [1.82, 2.24) is 0 Å². The zero-order chi connectivity index (χ0) is 18.8. The summed E-state index contributed by atoms with van der Waals surface area (Å²) in [6, 6.07) is 0. The van der Waals surface area contributed by atoms with Gasteiger partial charge in [0.15, 0.2) is 11.5 Å². The van der Waals surface area contributed by atoms with E-state index >= 15 is 0 Å². The molecule has 25 heavy (non-hydrogen) atoms. The average Bonchev–Trinajstić information content (AvgIpc) is 2.58. The van der Waals surface area contributed by atoms with E-state index in [1.807, 2.05) is 0 Å². The summed E-state index contributed by atoms with van der Waals surface area (Å²) < 4.78 is 5.21. The minimum Gasteiger partial charge on any atom is -0.492 e. The van der Waals surface area contributed by atoms with Gasteiger partial charge < -0.3 is 9.84 Å². The number of ether oxygens (including phenoxy) is 1. The van der Waals surface area contributed by atoms with E-state index in [1.165, 1.54) is 26.4 Å². The van der Waals surface area contributed by atoms with Gasteiger partial charge >= 0.3 is 0 Å². The van der Waals surface area contributed by atoms with Gasteiger partial charge in [0.25, 0.3) is 0 Å². The molecule has 0 saturated heterocycles. The van der Waals surface area contributed by atoms with E-state index in [2.05, 4.69) is 6.58 Å². The van der Waals surface area contributed by atoms with E-state index in [1.54, 1.807) is 13.8 Å². The number of unbranched alkanes of at least 4 members (excludes halogenated alkanes) is 7. The minimum atomic E-state index is -0.165. The standard InChI is InChI=1S/C21H32O4/c1-15(2)18-19(23)16(3)17(20(24)21(18)25-4)13-11-9-7-5-6-8-10-12-14-22/h22H,1,5-14H2,2-4H3. The summed E-state index contributed by atoms with van der Waals surface area (Å²) in [6.07, 6.45) is 9.25. The van der Waals surface area contributed by atoms with E-state index in [-0.39, 0.29) is 23.9 Å². The van der Waals surface area contributed by atoms with Gasteiger partial charge in [-0.25, -0.2) is 0 Å². The van der Waals surface area contributed by atoms with Crippen LogP contribution >= 0.6 is 0 Å². The molecule has 1 rings (SSSR count). The molecule has 0 spiro atoms. The molecule has 0 aromatic heterocycles. The Morgan fingerprint density at radius 2 is 1.48 bits per heavy atom. The van der Waals surface area contributed by atoms with Crippen LogP contribution in [0, 0.1) is 0 Å². The first-order chi connectivity index (χ1) is 12.0. The molecule has 4 nitrogen and oxygen atoms in total. The number of hydrogen-bond acceptors (Lipinski definition) is 4. The van der Waals surface area contributed by atoms with Crippen LogP contribution in [0.15, 0.2) is 34.6 Å². The van der Waals surface area contributed by atoms with Gasteiger partial charge in [0, 0.05) is 17.8 Å². The van der Waals surface area contributed by atoms with Crippen LogP contribution in [0.5, 0.6) is 0 Å². The Morgan fingerprint density at radius 1 is 0.960 bits per heavy atom. The van der Waals surface area contributed by atoms with Crippen molar-refractivity contribution in [3.8, 4) is 0 Å². The molecular formula is C21H32O4. The molecule has 1 aliphatic rings. The third-order valence-electron chi connectivity index (χ3n) is 4.69. The molecule has 0 saturated carbocycles. The van der Waals surface area contributed by atoms with Gasteiger partial charge in [0.1, 0.15) is 0 Å². The smallest absolute Gasteiger partial charge is 0.224 e. The Balaban J connectivity index is 2.50. The first kappa shape index (κ1) is 21.4. The Labute approximate surface area is 151 Å². The Morgan fingerprint density at radius 3 is 1.96 bits per heavy atom. The molecule has 0 heterocycles. The van der Waals surface area contributed by atoms with Crippen LogP contribution in [0.1, 0.15) is 71.6 Å². The predicted octanol–water partition coefficient (Wildman–Crippen LogP) is 4.43. The summed E-state index contributed by atoms with van der Waals surface area (Å²) in [6.45, 7) is 7.53. The fourth-order valence-electron chi connectivity index (χ4n) is 3.21. The first-order valence-corrected chi connectivity index (χ1v) is 9.29. The van der Waals surface area contributed by atoms with E-state index in [0.717, 1.165) is 32.1 Å². The zero-order valence-corrected chi connectivity index (χ0v) is 16.0. The monoisotopic (exact) mass is 348 g/mol. The quantitative estimate of drug-likeness (QED) is 0.418. The van der Waals surface area contributed by atoms with Crippen molar-refractivity contribution in [2.24, 2.45) is 0 Å². The van der Waals surface area contributed by atoms with Gasteiger partial charge in [-0.3, -0.25) is 9.59 Å². The predicted molar refractivity (Wildman–Crippen MR) is 100 cm³/mol. The van der Waals surface area contributed by atoms with Crippen LogP contribution in [0.2, 0.25) is 0 Å². The number of rotatable bonds is 12. The van der Waals surface area contributed by atoms with Crippen molar-refractivity contribution in [3.63, 3.8) is 0 Å². The molecule has 0 aliphatic heterocycles. The lowest BCUT2D eigenvalue weighted by atomic mass is 9.84. The lowest BCUT2D eigenvalue weighted by Crippen LogP contribution is -2.24. The topological polar surface area (TPSA) is 63.6 Å². The van der Waals surface area contributed by atoms with Crippen LogP contribution in [-0.2, 0) is 14.3 Å². The van der Waals surface area contributed by atoms with Crippen molar-refractivity contribution in [3.05, 3.63) is 34.6 Å². The number of methoxy groups -OCH3 is 1. The highest BCUT2D eigenvalue weighted by molar-refractivity contribution is 6.25. The molecule has 1 N–H and O–H groups in total. The summed E-state index contributed by atoms with van der Waals surface area (Å²) >= 11 is 0. The molecular weight excluding hydrogens is 316 g/mol. The van der Waals surface area contributed by atoms with Crippen molar-refractivity contribution < 1.29 is 19.4 Å². The SMILES string of the molecule is C=C(C)C1=C(OC)C(=O)C(CCCCCCCCCCO)=C(C)C1=O. The molecule has 0 bridgehead atoms. The van der Waals surface area contributed by atoms with Crippen molar-refractivity contribution in [2.75, 3.05) is 13.7 Å². The van der Waals surface area contributed by atoms with E-state index < -0.39 is 0 Å². The lowest BCUT2D eigenvalue weighted by molar-refractivity contribution is -0.118. The summed E-state index contributed by atoms with van der Waals surface area (Å²) in [5, 5.41) is 8.73. The fourth-order valence-corrected chi connectivity index (χ4v) is 3.21. The van der Waals surface area contributed by atoms with E-state index in [9.17, 15) is 9.59 Å². The first-order valence-electron chi connectivity index (χ1n) is 9.29. The summed E-state index contributed by atoms with van der Waals surface area (Å²) in [7, 11) is 1.43. The van der Waals surface area contributed by atoms with E-state index in [0.29, 0.717) is 28.7 Å². The van der Waals surface area contributed by atoms with Gasteiger partial charge in [-0.05, 0) is 38.7 Å². The number of ketones is 2. The molecule has 4 heteroatoms. The molecule has 0 unspecified atom stereocenters. The molecule has 0 amide bonds. The largest absolute Gasteiger partial charge is 0.492 e. The van der Waals surface area contributed by atoms with Gasteiger partial charge in [-0.1, -0.05) is 45.1 Å². The van der Waals surface area contributed by atoms with Crippen molar-refractivity contribution >= 4 is 11.6 Å². The number of Topliss-reactive ketones (excluding diaryl/α,β-unsaturated/α-hetero) is 2. The molecule has 0 radical (unpaired) electrons. The third kappa shape index (κ3) is 5.96. The summed E-state index contributed by atoms with van der Waals surface area (Å²) in [5.74, 6) is -0.161. The maximum Gasteiger partial charge on any atom is 0.224 e. The normalized spacial score (nSPS) is 15.2. The number of carbonyl (C=O) groups is 2. The second kappa shape index (κ2) is 11.0. The Kier molecular flexibility index (Phi) is 9.43. The van der Waals surface area contributed by atoms with Crippen molar-refractivity contribution in [2.45, 2.75) is 71.6 Å². The van der Waals surface area contributed by atoms with Gasteiger partial charge in [0.05, 0.1) is 12.7 Å². The summed E-state index contributed by atoms with van der Waals surface area (Å²) in [5.41, 5.74) is 2.01. The molecule has 0 aromatic carbocycles. The number of aliphatic hydroxyl groups is 1. The van der Waals surface area contributed by atoms with E-state index in [4.69, 9.17) is 9.84 Å². The number of aliphatic hydroxyl groups excluding tert-OH is 1. The molecule has 0 aromatic rings. The zero-order valence-electron chi connectivity index (χ0n) is 16.0. The highest BCUT2D eigenvalue weighted by Crippen LogP contribution is 2.31. The fraction of sp³-hybridized carbons (Fsp3) is 0.619. The number of carbonyl (C=O) groups excluding carboxylic acids is 2. The molecule has 0 fully saturated rings. The molecule has 140 valence electrons. The molecule has 0 atom stereocenters. The van der Waals surface area contributed by atoms with Crippen LogP contribution < -0.4 is 0 Å². The lowest BCUT2D eigenvalue weighted by Gasteiger charge is -2.21. The van der Waals surface area contributed by atoms with Crippen LogP contribution in [0.3, 0.4) is 0 Å². The number of allylic oxidation sites excluding steroid dienone is 4. The third-order valence-corrected chi connectivity index (χ3v) is 4.69. The van der Waals surface area contributed by atoms with Crippen molar-refractivity contribution in [1.29, 1.82) is 0 Å². The second-order valence-corrected chi connectivity index (χ2v) is 6.75. The van der Waals surface area contributed by atoms with Crippen LogP contribution in [-0.4, -0.2) is 30.4 Å².